The first-order valence-electron chi connectivity index (χ1n) is 5.60. The number of hydrogen-bond donors (Lipinski definition) is 1. The van der Waals surface area contributed by atoms with Crippen molar-refractivity contribution in [2.45, 2.75) is 39.9 Å². The van der Waals surface area contributed by atoms with Gasteiger partial charge in [-0.3, -0.25) is 4.90 Å². The fourth-order valence-electron chi connectivity index (χ4n) is 1.07. The molecule has 0 heterocycles. The highest BCUT2D eigenvalue weighted by molar-refractivity contribution is 5.05. The molecule has 0 aromatic carbocycles. The van der Waals surface area contributed by atoms with Gasteiger partial charge in [-0.25, -0.2) is 0 Å². The average Bonchev–Trinajstić information content (AvgIpc) is 2.21. The Morgan fingerprint density at radius 1 is 1.27 bits per heavy atom. The lowest BCUT2D eigenvalue weighted by Crippen LogP contribution is -2.23. The van der Waals surface area contributed by atoms with Crippen molar-refractivity contribution in [3.05, 3.63) is 0 Å². The molecule has 0 saturated carbocycles. The Morgan fingerprint density at radius 3 is 2.33 bits per heavy atom. The summed E-state index contributed by atoms with van der Waals surface area (Å²) >= 11 is 0. The normalized spacial score (nSPS) is 14.5. The first-order valence-corrected chi connectivity index (χ1v) is 5.60. The molecule has 15 heavy (non-hydrogen) atoms. The highest BCUT2D eigenvalue weighted by Crippen LogP contribution is 1.91. The van der Waals surface area contributed by atoms with E-state index in [9.17, 15) is 0 Å². The monoisotopic (exact) mass is 213 g/mol. The van der Waals surface area contributed by atoms with Gasteiger partial charge in [-0.2, -0.15) is 0 Å². The van der Waals surface area contributed by atoms with Gasteiger partial charge in [0, 0.05) is 0 Å². The van der Waals surface area contributed by atoms with Crippen molar-refractivity contribution in [1.82, 2.24) is 4.90 Å². The standard InChI is InChI=1S/C12H23NO2/c1-5-13(6-2)9-7-8-12(4)15-10-11(3)14/h11-12,14H,5-6,9-10H2,1-4H3. The van der Waals surface area contributed by atoms with Crippen LogP contribution in [0.4, 0.5) is 0 Å². The van der Waals surface area contributed by atoms with Crippen molar-refractivity contribution in [3.63, 3.8) is 0 Å². The first-order chi connectivity index (χ1) is 7.10. The van der Waals surface area contributed by atoms with Crippen molar-refractivity contribution in [2.75, 3.05) is 26.2 Å². The van der Waals surface area contributed by atoms with Crippen LogP contribution in [0.3, 0.4) is 0 Å². The summed E-state index contributed by atoms with van der Waals surface area (Å²) in [5.41, 5.74) is 0. The van der Waals surface area contributed by atoms with Gasteiger partial charge in [0.15, 0.2) is 0 Å². The molecule has 0 aromatic rings. The zero-order valence-corrected chi connectivity index (χ0v) is 10.3. The lowest BCUT2D eigenvalue weighted by atomic mass is 10.3. The molecule has 2 atom stereocenters. The third kappa shape index (κ3) is 8.44. The summed E-state index contributed by atoms with van der Waals surface area (Å²) in [6, 6.07) is 0. The highest BCUT2D eigenvalue weighted by Gasteiger charge is 2.00. The summed E-state index contributed by atoms with van der Waals surface area (Å²) in [5, 5.41) is 9.01. The van der Waals surface area contributed by atoms with Crippen LogP contribution in [0.15, 0.2) is 0 Å². The van der Waals surface area contributed by atoms with E-state index in [0.717, 1.165) is 19.6 Å². The van der Waals surface area contributed by atoms with Crippen molar-refractivity contribution in [3.8, 4) is 11.8 Å². The average molecular weight is 213 g/mol. The minimum atomic E-state index is -0.419. The Hall–Kier alpha value is -0.560. The van der Waals surface area contributed by atoms with Crippen LogP contribution in [0.2, 0.25) is 0 Å². The van der Waals surface area contributed by atoms with E-state index in [1.165, 1.54) is 0 Å². The molecule has 2 unspecified atom stereocenters. The lowest BCUT2D eigenvalue weighted by Gasteiger charge is -2.13. The van der Waals surface area contributed by atoms with Crippen molar-refractivity contribution < 1.29 is 9.84 Å². The SMILES string of the molecule is CCN(CC)CC#CC(C)OCC(C)O. The minimum absolute atomic E-state index is 0.102. The van der Waals surface area contributed by atoms with Crippen molar-refractivity contribution >= 4 is 0 Å². The van der Waals surface area contributed by atoms with Crippen LogP contribution in [-0.2, 0) is 4.74 Å². The van der Waals surface area contributed by atoms with E-state index in [4.69, 9.17) is 9.84 Å². The molecule has 0 rings (SSSR count). The Bertz CT molecular complexity index is 201. The molecule has 0 bridgehead atoms. The quantitative estimate of drug-likeness (QED) is 0.671. The third-order valence-electron chi connectivity index (χ3n) is 2.09. The van der Waals surface area contributed by atoms with Crippen LogP contribution >= 0.6 is 0 Å². The maximum absolute atomic E-state index is 9.01. The van der Waals surface area contributed by atoms with Gasteiger partial charge in [0.25, 0.3) is 0 Å². The smallest absolute Gasteiger partial charge is 0.115 e. The van der Waals surface area contributed by atoms with Gasteiger partial charge >= 0.3 is 0 Å². The Kier molecular flexibility index (Phi) is 8.40. The molecule has 0 aliphatic rings. The molecular formula is C12H23NO2. The molecule has 0 amide bonds. The second-order valence-corrected chi connectivity index (χ2v) is 3.61. The Morgan fingerprint density at radius 2 is 1.87 bits per heavy atom. The van der Waals surface area contributed by atoms with E-state index >= 15 is 0 Å². The zero-order chi connectivity index (χ0) is 11.7. The number of aliphatic hydroxyl groups excluding tert-OH is 1. The fourth-order valence-corrected chi connectivity index (χ4v) is 1.07. The van der Waals surface area contributed by atoms with Crippen molar-refractivity contribution in [1.29, 1.82) is 0 Å². The summed E-state index contributed by atoms with van der Waals surface area (Å²) < 4.78 is 5.31. The summed E-state index contributed by atoms with van der Waals surface area (Å²) in [6.07, 6.45) is -0.521. The first kappa shape index (κ1) is 14.4. The lowest BCUT2D eigenvalue weighted by molar-refractivity contribution is 0.0281. The van der Waals surface area contributed by atoms with E-state index in [1.807, 2.05) is 6.92 Å². The molecule has 0 saturated heterocycles. The van der Waals surface area contributed by atoms with Gasteiger partial charge in [0.2, 0.25) is 0 Å². The van der Waals surface area contributed by atoms with E-state index < -0.39 is 6.10 Å². The van der Waals surface area contributed by atoms with Crippen LogP contribution in [0.1, 0.15) is 27.7 Å². The highest BCUT2D eigenvalue weighted by atomic mass is 16.5. The van der Waals surface area contributed by atoms with Gasteiger partial charge < -0.3 is 9.84 Å². The van der Waals surface area contributed by atoms with E-state index in [0.29, 0.717) is 6.61 Å². The van der Waals surface area contributed by atoms with Crippen LogP contribution in [0.25, 0.3) is 0 Å². The molecule has 88 valence electrons. The largest absolute Gasteiger partial charge is 0.391 e. The van der Waals surface area contributed by atoms with Crippen LogP contribution in [0, 0.1) is 11.8 Å². The molecule has 3 heteroatoms. The molecule has 0 aliphatic carbocycles. The van der Waals surface area contributed by atoms with Gasteiger partial charge in [-0.05, 0) is 26.9 Å². The van der Waals surface area contributed by atoms with E-state index in [1.54, 1.807) is 6.92 Å². The van der Waals surface area contributed by atoms with Crippen LogP contribution in [-0.4, -0.2) is 48.5 Å². The van der Waals surface area contributed by atoms with E-state index in [2.05, 4.69) is 30.6 Å². The van der Waals surface area contributed by atoms with Gasteiger partial charge in [-0.1, -0.05) is 25.7 Å². The van der Waals surface area contributed by atoms with Gasteiger partial charge in [0.05, 0.1) is 19.3 Å². The molecule has 0 fully saturated rings. The number of aliphatic hydroxyl groups is 1. The molecular weight excluding hydrogens is 190 g/mol. The molecule has 0 aromatic heterocycles. The van der Waals surface area contributed by atoms with Gasteiger partial charge in [0.1, 0.15) is 6.10 Å². The fraction of sp³-hybridized carbons (Fsp3) is 0.833. The molecule has 1 N–H and O–H groups in total. The predicted octanol–water partition coefficient (Wildman–Crippen LogP) is 1.12. The maximum atomic E-state index is 9.01. The summed E-state index contributed by atoms with van der Waals surface area (Å²) in [6.45, 7) is 11.0. The van der Waals surface area contributed by atoms with E-state index in [-0.39, 0.29) is 6.10 Å². The van der Waals surface area contributed by atoms with Crippen molar-refractivity contribution in [2.24, 2.45) is 0 Å². The zero-order valence-electron chi connectivity index (χ0n) is 10.3. The number of hydrogen-bond acceptors (Lipinski definition) is 3. The molecule has 0 radical (unpaired) electrons. The maximum Gasteiger partial charge on any atom is 0.115 e. The number of ether oxygens (including phenoxy) is 1. The second-order valence-electron chi connectivity index (χ2n) is 3.61. The molecule has 3 nitrogen and oxygen atoms in total. The third-order valence-corrected chi connectivity index (χ3v) is 2.09. The Labute approximate surface area is 93.4 Å². The number of nitrogens with zero attached hydrogens (tertiary/aromatic N) is 1. The Balaban J connectivity index is 3.74. The summed E-state index contributed by atoms with van der Waals surface area (Å²) in [5.74, 6) is 6.09. The minimum Gasteiger partial charge on any atom is -0.391 e. The van der Waals surface area contributed by atoms with Crippen LogP contribution in [0.5, 0.6) is 0 Å². The summed E-state index contributed by atoms with van der Waals surface area (Å²) in [7, 11) is 0. The second kappa shape index (κ2) is 8.72. The van der Waals surface area contributed by atoms with Crippen LogP contribution < -0.4 is 0 Å². The molecule has 0 spiro atoms. The molecule has 0 aliphatic heterocycles. The summed E-state index contributed by atoms with van der Waals surface area (Å²) in [4.78, 5) is 2.24. The number of rotatable bonds is 6. The predicted molar refractivity (Wildman–Crippen MR) is 62.7 cm³/mol. The topological polar surface area (TPSA) is 32.7 Å². The van der Waals surface area contributed by atoms with Gasteiger partial charge in [-0.15, -0.1) is 0 Å².